The van der Waals surface area contributed by atoms with Crippen LogP contribution in [0.1, 0.15) is 68.1 Å². The fraction of sp³-hybridized carbons (Fsp3) is 0.462. The Morgan fingerprint density at radius 3 is 2.78 bits per heavy atom. The second-order valence-corrected chi connectivity index (χ2v) is 9.71. The van der Waals surface area contributed by atoms with Crippen LogP contribution in [-0.4, -0.2) is 27.0 Å². The number of fused-ring (bicyclic) bond motifs is 5. The van der Waals surface area contributed by atoms with Crippen molar-refractivity contribution >= 4 is 23.1 Å². The number of anilines is 1. The van der Waals surface area contributed by atoms with Gasteiger partial charge in [-0.15, -0.1) is 0 Å². The number of carbonyl (C=O) groups is 2. The van der Waals surface area contributed by atoms with Crippen LogP contribution in [0.5, 0.6) is 0 Å². The number of carboxylic acid groups (broad SMARTS) is 1. The molecule has 0 radical (unpaired) electrons. The lowest BCUT2D eigenvalue weighted by atomic mass is 9.54. The first-order valence-electron chi connectivity index (χ1n) is 11.6. The zero-order valence-electron chi connectivity index (χ0n) is 18.4. The van der Waals surface area contributed by atoms with E-state index in [1.54, 1.807) is 6.33 Å². The van der Waals surface area contributed by atoms with E-state index in [1.807, 2.05) is 18.5 Å². The maximum absolute atomic E-state index is 12.0. The van der Waals surface area contributed by atoms with E-state index < -0.39 is 5.97 Å². The molecule has 4 atom stereocenters. The van der Waals surface area contributed by atoms with Gasteiger partial charge in [0.2, 0.25) is 5.91 Å². The number of hydrogen-bond donors (Lipinski definition) is 2. The van der Waals surface area contributed by atoms with Crippen molar-refractivity contribution in [3.05, 3.63) is 59.7 Å². The summed E-state index contributed by atoms with van der Waals surface area (Å²) < 4.78 is 0. The highest BCUT2D eigenvalue weighted by Crippen LogP contribution is 2.63. The number of rotatable bonds is 5. The Kier molecular flexibility index (Phi) is 5.31. The van der Waals surface area contributed by atoms with Gasteiger partial charge in [0, 0.05) is 30.1 Å². The smallest absolute Gasteiger partial charge is 0.303 e. The number of carbonyl (C=O) groups excluding carboxylic acids is 1. The van der Waals surface area contributed by atoms with Crippen molar-refractivity contribution in [1.29, 1.82) is 0 Å². The zero-order chi connectivity index (χ0) is 22.3. The lowest BCUT2D eigenvalue weighted by Crippen LogP contribution is -2.40. The Bertz CT molecular complexity index is 1080. The lowest BCUT2D eigenvalue weighted by Gasteiger charge is -2.50. The molecule has 1 saturated carbocycles. The van der Waals surface area contributed by atoms with E-state index in [2.05, 4.69) is 40.4 Å². The third kappa shape index (κ3) is 3.61. The van der Waals surface area contributed by atoms with Crippen LogP contribution in [0.4, 0.5) is 5.69 Å². The van der Waals surface area contributed by atoms with Crippen LogP contribution in [0.2, 0.25) is 0 Å². The van der Waals surface area contributed by atoms with E-state index >= 15 is 0 Å². The van der Waals surface area contributed by atoms with Crippen molar-refractivity contribution in [2.75, 3.05) is 5.32 Å². The van der Waals surface area contributed by atoms with Gasteiger partial charge in [0.05, 0.1) is 6.42 Å². The minimum Gasteiger partial charge on any atom is -0.481 e. The molecule has 5 rings (SSSR count). The fourth-order valence-corrected chi connectivity index (χ4v) is 6.56. The van der Waals surface area contributed by atoms with Crippen molar-refractivity contribution in [2.45, 2.75) is 57.8 Å². The predicted molar refractivity (Wildman–Crippen MR) is 122 cm³/mol. The van der Waals surface area contributed by atoms with Gasteiger partial charge in [0.15, 0.2) is 0 Å². The Balaban J connectivity index is 1.33. The van der Waals surface area contributed by atoms with Gasteiger partial charge in [-0.05, 0) is 84.1 Å². The molecular weight excluding hydrogens is 402 g/mol. The molecule has 3 aliphatic carbocycles. The van der Waals surface area contributed by atoms with Crippen LogP contribution in [0.15, 0.2) is 43.0 Å². The van der Waals surface area contributed by atoms with Gasteiger partial charge in [-0.1, -0.05) is 19.1 Å². The van der Waals surface area contributed by atoms with E-state index in [4.69, 9.17) is 5.11 Å². The van der Waals surface area contributed by atoms with E-state index in [1.165, 1.54) is 29.5 Å². The molecule has 2 aromatic rings. The number of aryl methyl sites for hydroxylation is 1. The second kappa shape index (κ2) is 8.15. The molecule has 6 nitrogen and oxygen atoms in total. The van der Waals surface area contributed by atoms with Crippen LogP contribution in [0.25, 0.3) is 5.57 Å². The normalized spacial score (nSPS) is 28.2. The van der Waals surface area contributed by atoms with Crippen LogP contribution >= 0.6 is 0 Å². The van der Waals surface area contributed by atoms with Crippen LogP contribution < -0.4 is 5.32 Å². The summed E-state index contributed by atoms with van der Waals surface area (Å²) in [5.74, 6) is 0.665. The molecule has 6 heteroatoms. The highest BCUT2D eigenvalue weighted by Gasteiger charge is 2.51. The summed E-state index contributed by atoms with van der Waals surface area (Å²) in [7, 11) is 0. The Morgan fingerprint density at radius 2 is 2.00 bits per heavy atom. The molecule has 3 unspecified atom stereocenters. The second-order valence-electron chi connectivity index (χ2n) is 9.71. The first-order chi connectivity index (χ1) is 15.5. The highest BCUT2D eigenvalue weighted by atomic mass is 16.4. The van der Waals surface area contributed by atoms with Gasteiger partial charge in [-0.25, -0.2) is 9.97 Å². The molecule has 3 aliphatic rings. The van der Waals surface area contributed by atoms with Crippen molar-refractivity contribution in [2.24, 2.45) is 17.3 Å². The maximum atomic E-state index is 12.0. The van der Waals surface area contributed by atoms with Crippen molar-refractivity contribution in [3.8, 4) is 0 Å². The quantitative estimate of drug-likeness (QED) is 0.707. The molecule has 32 heavy (non-hydrogen) atoms. The largest absolute Gasteiger partial charge is 0.481 e. The third-order valence-electron chi connectivity index (χ3n) is 8.03. The van der Waals surface area contributed by atoms with Gasteiger partial charge in [0.25, 0.3) is 0 Å². The van der Waals surface area contributed by atoms with E-state index in [0.29, 0.717) is 17.8 Å². The summed E-state index contributed by atoms with van der Waals surface area (Å²) in [5, 5.41) is 11.6. The topological polar surface area (TPSA) is 92.2 Å². The number of nitrogens with zero attached hydrogens (tertiary/aromatic N) is 2. The molecular formula is C26H29N3O3. The van der Waals surface area contributed by atoms with Crippen molar-refractivity contribution in [1.82, 2.24) is 9.97 Å². The molecule has 166 valence electrons. The molecule has 1 heterocycles. The number of allylic oxidation sites excluding steroid dienone is 2. The van der Waals surface area contributed by atoms with Gasteiger partial charge < -0.3 is 10.4 Å². The van der Waals surface area contributed by atoms with Gasteiger partial charge >= 0.3 is 5.97 Å². The molecule has 1 fully saturated rings. The number of benzene rings is 1. The molecule has 0 aliphatic heterocycles. The monoisotopic (exact) mass is 431 g/mol. The van der Waals surface area contributed by atoms with Gasteiger partial charge in [-0.3, -0.25) is 9.59 Å². The number of aromatic nitrogens is 2. The number of carboxylic acids is 1. The molecule has 1 aromatic heterocycles. The molecule has 0 spiro atoms. The molecule has 0 saturated heterocycles. The van der Waals surface area contributed by atoms with Crippen molar-refractivity contribution in [3.63, 3.8) is 0 Å². The average molecular weight is 432 g/mol. The lowest BCUT2D eigenvalue weighted by molar-refractivity contribution is -0.138. The molecule has 1 amide bonds. The Morgan fingerprint density at radius 1 is 1.19 bits per heavy atom. The average Bonchev–Trinajstić information content (AvgIpc) is 3.15. The summed E-state index contributed by atoms with van der Waals surface area (Å²) in [4.78, 5) is 31.2. The number of amides is 1. The van der Waals surface area contributed by atoms with Crippen molar-refractivity contribution < 1.29 is 14.7 Å². The minimum absolute atomic E-state index is 0.000826. The first-order valence-corrected chi connectivity index (χ1v) is 11.6. The predicted octanol–water partition coefficient (Wildman–Crippen LogP) is 4.83. The molecule has 0 bridgehead atoms. The Hall–Kier alpha value is -3.02. The molecule has 2 N–H and O–H groups in total. The van der Waals surface area contributed by atoms with Crippen LogP contribution in [0, 0.1) is 17.3 Å². The summed E-state index contributed by atoms with van der Waals surface area (Å²) >= 11 is 0. The van der Waals surface area contributed by atoms with Crippen LogP contribution in [-0.2, 0) is 16.0 Å². The van der Waals surface area contributed by atoms with Gasteiger partial charge in [0.1, 0.15) is 6.33 Å². The van der Waals surface area contributed by atoms with Gasteiger partial charge in [-0.2, -0.15) is 0 Å². The van der Waals surface area contributed by atoms with Crippen LogP contribution in [0.3, 0.4) is 0 Å². The standard InChI is InChI=1S/C26H29N3O3/c1-26-11-10-20-19-5-3-18(29-24(30)8-9-25(31)32)12-16(19)2-4-21(20)23(26)7-6-22(26)17-13-27-15-28-14-17/h3,5-6,12-15,20-21,23H,2,4,7-11H2,1H3,(H,29,30)(H,31,32)/t20?,21?,23?,26-/m1/s1. The highest BCUT2D eigenvalue weighted by molar-refractivity contribution is 5.92. The number of aliphatic carboxylic acids is 1. The van der Waals surface area contributed by atoms with E-state index in [0.717, 1.165) is 30.5 Å². The fourth-order valence-electron chi connectivity index (χ4n) is 6.56. The van der Waals surface area contributed by atoms with E-state index in [9.17, 15) is 9.59 Å². The molecule has 1 aromatic carbocycles. The summed E-state index contributed by atoms with van der Waals surface area (Å²) in [6.45, 7) is 2.44. The minimum atomic E-state index is -0.953. The zero-order valence-corrected chi connectivity index (χ0v) is 18.4. The number of nitrogens with one attached hydrogen (secondary N) is 1. The SMILES string of the molecule is C[C@]12CCC3c4ccc(NC(=O)CCC(=O)O)cc4CCC3C1CC=C2c1cncnc1. The number of hydrogen-bond acceptors (Lipinski definition) is 4. The third-order valence-corrected chi connectivity index (χ3v) is 8.03. The maximum Gasteiger partial charge on any atom is 0.303 e. The Labute approximate surface area is 188 Å². The van der Waals surface area contributed by atoms with E-state index in [-0.39, 0.29) is 24.2 Å². The summed E-state index contributed by atoms with van der Waals surface area (Å²) in [6.07, 6.45) is 13.4. The summed E-state index contributed by atoms with van der Waals surface area (Å²) in [6, 6.07) is 6.26. The summed E-state index contributed by atoms with van der Waals surface area (Å²) in [5.41, 5.74) is 6.30. The first kappa shape index (κ1) is 20.9.